The van der Waals surface area contributed by atoms with Gasteiger partial charge in [0, 0.05) is 38.6 Å². The number of amidine groups is 1. The van der Waals surface area contributed by atoms with E-state index >= 15 is 0 Å². The zero-order chi connectivity index (χ0) is 12.7. The second-order valence-corrected chi connectivity index (χ2v) is 4.74. The van der Waals surface area contributed by atoms with Crippen LogP contribution in [0, 0.1) is 0 Å². The molecule has 0 saturated carbocycles. The number of hydrogen-bond donors (Lipinski definition) is 2. The van der Waals surface area contributed by atoms with Crippen LogP contribution in [0.1, 0.15) is 33.1 Å². The molecule has 0 spiro atoms. The molecule has 0 amide bonds. The van der Waals surface area contributed by atoms with E-state index in [1.807, 2.05) is 0 Å². The molecule has 1 atom stereocenters. The summed E-state index contributed by atoms with van der Waals surface area (Å²) in [7, 11) is 0. The van der Waals surface area contributed by atoms with E-state index in [4.69, 9.17) is 10.9 Å². The normalized spacial score (nSPS) is 21.6. The molecule has 1 fully saturated rings. The Labute approximate surface area is 104 Å². The van der Waals surface area contributed by atoms with E-state index in [1.165, 1.54) is 13.0 Å². The first kappa shape index (κ1) is 14.3. The number of piperazine rings is 1. The Balaban J connectivity index is 2.39. The van der Waals surface area contributed by atoms with Crippen LogP contribution in [0.4, 0.5) is 0 Å². The monoisotopic (exact) mass is 242 g/mol. The predicted octanol–water partition coefficient (Wildman–Crippen LogP) is 0.929. The predicted molar refractivity (Wildman–Crippen MR) is 70.4 cm³/mol. The highest BCUT2D eigenvalue weighted by Gasteiger charge is 2.22. The Morgan fingerprint density at radius 1 is 1.29 bits per heavy atom. The molecule has 5 nitrogen and oxygen atoms in total. The van der Waals surface area contributed by atoms with Crippen molar-refractivity contribution >= 4 is 5.84 Å². The van der Waals surface area contributed by atoms with Gasteiger partial charge in [-0.25, -0.2) is 0 Å². The minimum Gasteiger partial charge on any atom is -0.409 e. The van der Waals surface area contributed by atoms with E-state index in [9.17, 15) is 0 Å². The fraction of sp³-hybridized carbons (Fsp3) is 0.917. The van der Waals surface area contributed by atoms with Gasteiger partial charge in [-0.15, -0.1) is 0 Å². The second kappa shape index (κ2) is 7.50. The lowest BCUT2D eigenvalue weighted by molar-refractivity contribution is 0.0960. The van der Waals surface area contributed by atoms with Crippen LogP contribution in [0.2, 0.25) is 0 Å². The Morgan fingerprint density at radius 2 is 1.94 bits per heavy atom. The summed E-state index contributed by atoms with van der Waals surface area (Å²) in [5.41, 5.74) is 5.59. The first-order valence-corrected chi connectivity index (χ1v) is 6.64. The van der Waals surface area contributed by atoms with Crippen LogP contribution < -0.4 is 5.73 Å². The SMILES string of the molecule is CCCN1CCN(C(CC)C/C(N)=N/O)CC1. The van der Waals surface area contributed by atoms with Crippen molar-refractivity contribution in [1.82, 2.24) is 9.80 Å². The summed E-state index contributed by atoms with van der Waals surface area (Å²) in [5.74, 6) is 0.341. The summed E-state index contributed by atoms with van der Waals surface area (Å²) in [6.07, 6.45) is 2.94. The van der Waals surface area contributed by atoms with Crippen LogP contribution in [0.5, 0.6) is 0 Å². The molecule has 0 radical (unpaired) electrons. The van der Waals surface area contributed by atoms with E-state index in [2.05, 4.69) is 28.8 Å². The van der Waals surface area contributed by atoms with Crippen LogP contribution in [0.3, 0.4) is 0 Å². The summed E-state index contributed by atoms with van der Waals surface area (Å²) in [6.45, 7) is 10.0. The molecular formula is C12H26N4O. The summed E-state index contributed by atoms with van der Waals surface area (Å²) in [4.78, 5) is 4.97. The molecular weight excluding hydrogens is 216 g/mol. The van der Waals surface area contributed by atoms with Crippen LogP contribution >= 0.6 is 0 Å². The minimum absolute atomic E-state index is 0.341. The van der Waals surface area contributed by atoms with Crippen LogP contribution in [0.15, 0.2) is 5.16 Å². The number of rotatable bonds is 6. The van der Waals surface area contributed by atoms with Crippen LogP contribution in [-0.2, 0) is 0 Å². The maximum atomic E-state index is 8.63. The number of hydrogen-bond acceptors (Lipinski definition) is 4. The fourth-order valence-electron chi connectivity index (χ4n) is 2.48. The summed E-state index contributed by atoms with van der Waals surface area (Å²) < 4.78 is 0. The summed E-state index contributed by atoms with van der Waals surface area (Å²) >= 11 is 0. The fourth-order valence-corrected chi connectivity index (χ4v) is 2.48. The second-order valence-electron chi connectivity index (χ2n) is 4.74. The quantitative estimate of drug-likeness (QED) is 0.315. The first-order chi connectivity index (χ1) is 8.21. The van der Waals surface area contributed by atoms with E-state index in [1.54, 1.807) is 0 Å². The van der Waals surface area contributed by atoms with Crippen LogP contribution in [0.25, 0.3) is 0 Å². The van der Waals surface area contributed by atoms with Crippen molar-refractivity contribution in [2.75, 3.05) is 32.7 Å². The maximum Gasteiger partial charge on any atom is 0.140 e. The van der Waals surface area contributed by atoms with Crippen molar-refractivity contribution in [3.63, 3.8) is 0 Å². The van der Waals surface area contributed by atoms with Gasteiger partial charge in [-0.05, 0) is 19.4 Å². The molecule has 0 bridgehead atoms. The van der Waals surface area contributed by atoms with E-state index < -0.39 is 0 Å². The Morgan fingerprint density at radius 3 is 2.41 bits per heavy atom. The van der Waals surface area contributed by atoms with Gasteiger partial charge in [0.2, 0.25) is 0 Å². The molecule has 1 unspecified atom stereocenters. The van der Waals surface area contributed by atoms with Crippen molar-refractivity contribution < 1.29 is 5.21 Å². The molecule has 0 aromatic rings. The lowest BCUT2D eigenvalue weighted by Gasteiger charge is -2.38. The highest BCUT2D eigenvalue weighted by atomic mass is 16.4. The van der Waals surface area contributed by atoms with Gasteiger partial charge in [-0.2, -0.15) is 0 Å². The van der Waals surface area contributed by atoms with Gasteiger partial charge in [-0.3, -0.25) is 4.90 Å². The van der Waals surface area contributed by atoms with E-state index in [0.29, 0.717) is 18.3 Å². The van der Waals surface area contributed by atoms with Crippen molar-refractivity contribution in [3.05, 3.63) is 0 Å². The molecule has 17 heavy (non-hydrogen) atoms. The average Bonchev–Trinajstić information content (AvgIpc) is 2.37. The Bertz CT molecular complexity index is 237. The van der Waals surface area contributed by atoms with Gasteiger partial charge in [0.05, 0.1) is 0 Å². The van der Waals surface area contributed by atoms with Gasteiger partial charge in [-0.1, -0.05) is 19.0 Å². The molecule has 1 aliphatic rings. The standard InChI is InChI=1S/C12H26N4O/c1-3-5-15-6-8-16(9-7-15)11(4-2)10-12(13)14-17/h11,17H,3-10H2,1-2H3,(H2,13,14). The summed E-state index contributed by atoms with van der Waals surface area (Å²) in [5, 5.41) is 11.7. The number of oxime groups is 1. The zero-order valence-electron chi connectivity index (χ0n) is 11.1. The van der Waals surface area contributed by atoms with Gasteiger partial charge in [0.1, 0.15) is 5.84 Å². The third kappa shape index (κ3) is 4.52. The van der Waals surface area contributed by atoms with Gasteiger partial charge in [0.15, 0.2) is 0 Å². The van der Waals surface area contributed by atoms with Gasteiger partial charge >= 0.3 is 0 Å². The lowest BCUT2D eigenvalue weighted by atomic mass is 10.1. The lowest BCUT2D eigenvalue weighted by Crippen LogP contribution is -2.51. The molecule has 1 saturated heterocycles. The Hall–Kier alpha value is -0.810. The Kier molecular flexibility index (Phi) is 6.29. The van der Waals surface area contributed by atoms with Crippen LogP contribution in [-0.4, -0.2) is 59.6 Å². The third-order valence-electron chi connectivity index (χ3n) is 3.51. The molecule has 0 aromatic carbocycles. The molecule has 1 heterocycles. The highest BCUT2D eigenvalue weighted by molar-refractivity contribution is 5.80. The molecule has 1 aliphatic heterocycles. The van der Waals surface area contributed by atoms with Crippen molar-refractivity contribution in [2.24, 2.45) is 10.9 Å². The molecule has 0 aliphatic carbocycles. The van der Waals surface area contributed by atoms with Crippen molar-refractivity contribution in [2.45, 2.75) is 39.2 Å². The van der Waals surface area contributed by atoms with Crippen molar-refractivity contribution in [1.29, 1.82) is 0 Å². The first-order valence-electron chi connectivity index (χ1n) is 6.64. The van der Waals surface area contributed by atoms with Gasteiger partial charge < -0.3 is 15.8 Å². The number of nitrogens with two attached hydrogens (primary N) is 1. The molecule has 0 aromatic heterocycles. The zero-order valence-corrected chi connectivity index (χ0v) is 11.1. The average molecular weight is 242 g/mol. The highest BCUT2D eigenvalue weighted by Crippen LogP contribution is 2.12. The van der Waals surface area contributed by atoms with E-state index in [0.717, 1.165) is 32.6 Å². The largest absolute Gasteiger partial charge is 0.409 e. The summed E-state index contributed by atoms with van der Waals surface area (Å²) in [6, 6.07) is 0.412. The third-order valence-corrected chi connectivity index (χ3v) is 3.51. The molecule has 100 valence electrons. The topological polar surface area (TPSA) is 65.1 Å². The van der Waals surface area contributed by atoms with Gasteiger partial charge in [0.25, 0.3) is 0 Å². The van der Waals surface area contributed by atoms with E-state index in [-0.39, 0.29) is 0 Å². The van der Waals surface area contributed by atoms with Crippen molar-refractivity contribution in [3.8, 4) is 0 Å². The molecule has 3 N–H and O–H groups in total. The number of nitrogens with zero attached hydrogens (tertiary/aromatic N) is 3. The minimum atomic E-state index is 0.341. The molecule has 5 heteroatoms. The smallest absolute Gasteiger partial charge is 0.140 e. The maximum absolute atomic E-state index is 8.63. The molecule has 1 rings (SSSR count).